The van der Waals surface area contributed by atoms with Gasteiger partial charge < -0.3 is 5.32 Å². The van der Waals surface area contributed by atoms with Gasteiger partial charge in [0.15, 0.2) is 0 Å². The summed E-state index contributed by atoms with van der Waals surface area (Å²) in [4.78, 5) is 1.42. The van der Waals surface area contributed by atoms with Gasteiger partial charge in [0.25, 0.3) is 0 Å². The van der Waals surface area contributed by atoms with E-state index < -0.39 is 0 Å². The first-order chi connectivity index (χ1) is 7.70. The molecule has 0 saturated heterocycles. The van der Waals surface area contributed by atoms with E-state index >= 15 is 0 Å². The van der Waals surface area contributed by atoms with E-state index in [0.717, 1.165) is 19.0 Å². The molecule has 1 N–H and O–H groups in total. The monoisotopic (exact) mass is 237 g/mol. The van der Waals surface area contributed by atoms with Gasteiger partial charge in [-0.05, 0) is 49.7 Å². The van der Waals surface area contributed by atoms with E-state index in [1.807, 2.05) is 11.8 Å². The predicted octanol–water partition coefficient (Wildman–Crippen LogP) is 3.72. The number of hydrogen-bond donors (Lipinski definition) is 1. The Morgan fingerprint density at radius 3 is 2.69 bits per heavy atom. The molecule has 0 amide bonds. The van der Waals surface area contributed by atoms with Gasteiger partial charge in [0, 0.05) is 4.90 Å². The number of rotatable bonds is 7. The van der Waals surface area contributed by atoms with Crippen LogP contribution in [0.5, 0.6) is 0 Å². The Hall–Kier alpha value is -0.470. The molecule has 0 aliphatic carbocycles. The Labute approximate surface area is 104 Å². The second-order valence-electron chi connectivity index (χ2n) is 4.57. The average molecular weight is 237 g/mol. The zero-order valence-electron chi connectivity index (χ0n) is 10.6. The molecule has 1 aromatic rings. The Kier molecular flexibility index (Phi) is 6.58. The topological polar surface area (TPSA) is 12.0 Å². The van der Waals surface area contributed by atoms with Crippen molar-refractivity contribution in [3.8, 4) is 0 Å². The van der Waals surface area contributed by atoms with Crippen LogP contribution < -0.4 is 5.32 Å². The maximum Gasteiger partial charge on any atom is 0.0101 e. The van der Waals surface area contributed by atoms with Gasteiger partial charge in [0.2, 0.25) is 0 Å². The summed E-state index contributed by atoms with van der Waals surface area (Å²) in [6.07, 6.45) is 1.24. The highest BCUT2D eigenvalue weighted by molar-refractivity contribution is 7.99. The van der Waals surface area contributed by atoms with Crippen molar-refractivity contribution >= 4 is 11.8 Å². The molecule has 0 aromatic heterocycles. The van der Waals surface area contributed by atoms with Crippen molar-refractivity contribution < 1.29 is 0 Å². The van der Waals surface area contributed by atoms with Crippen molar-refractivity contribution in [1.82, 2.24) is 5.32 Å². The second-order valence-corrected chi connectivity index (χ2v) is 5.70. The first kappa shape index (κ1) is 13.6. The molecule has 0 saturated carbocycles. The predicted molar refractivity (Wildman–Crippen MR) is 74.2 cm³/mol. The Morgan fingerprint density at radius 1 is 1.25 bits per heavy atom. The largest absolute Gasteiger partial charge is 0.316 e. The quantitative estimate of drug-likeness (QED) is 0.573. The van der Waals surface area contributed by atoms with Crippen LogP contribution in [-0.2, 0) is 0 Å². The minimum absolute atomic E-state index is 0.754. The molecular formula is C14H23NS. The SMILES string of the molecule is Cc1ccccc1SCCCNCC(C)C. The van der Waals surface area contributed by atoms with Crippen LogP contribution in [-0.4, -0.2) is 18.8 Å². The van der Waals surface area contributed by atoms with Crippen LogP contribution in [0.4, 0.5) is 0 Å². The highest BCUT2D eigenvalue weighted by Gasteiger charge is 1.97. The molecule has 0 fully saturated rings. The van der Waals surface area contributed by atoms with Gasteiger partial charge in [0.05, 0.1) is 0 Å². The van der Waals surface area contributed by atoms with Crippen LogP contribution in [0.25, 0.3) is 0 Å². The smallest absolute Gasteiger partial charge is 0.0101 e. The van der Waals surface area contributed by atoms with E-state index in [2.05, 4.69) is 50.4 Å². The Morgan fingerprint density at radius 2 is 2.00 bits per heavy atom. The summed E-state index contributed by atoms with van der Waals surface area (Å²) in [5.41, 5.74) is 1.39. The lowest BCUT2D eigenvalue weighted by Crippen LogP contribution is -2.21. The molecule has 0 bridgehead atoms. The summed E-state index contributed by atoms with van der Waals surface area (Å²) in [5.74, 6) is 1.96. The number of thioether (sulfide) groups is 1. The van der Waals surface area contributed by atoms with E-state index in [9.17, 15) is 0 Å². The van der Waals surface area contributed by atoms with Crippen LogP contribution in [0.1, 0.15) is 25.8 Å². The zero-order valence-corrected chi connectivity index (χ0v) is 11.4. The lowest BCUT2D eigenvalue weighted by Gasteiger charge is -2.07. The minimum atomic E-state index is 0.754. The minimum Gasteiger partial charge on any atom is -0.316 e. The number of hydrogen-bond acceptors (Lipinski definition) is 2. The Balaban J connectivity index is 2.10. The molecule has 2 heteroatoms. The number of aryl methyl sites for hydroxylation is 1. The van der Waals surface area contributed by atoms with Crippen LogP contribution in [0.2, 0.25) is 0 Å². The van der Waals surface area contributed by atoms with Crippen LogP contribution in [0.15, 0.2) is 29.2 Å². The summed E-state index contributed by atoms with van der Waals surface area (Å²) < 4.78 is 0. The van der Waals surface area contributed by atoms with Crippen LogP contribution in [0, 0.1) is 12.8 Å². The zero-order chi connectivity index (χ0) is 11.8. The molecule has 1 aromatic carbocycles. The number of benzene rings is 1. The lowest BCUT2D eigenvalue weighted by atomic mass is 10.2. The summed E-state index contributed by atoms with van der Waals surface area (Å²) in [7, 11) is 0. The third-order valence-electron chi connectivity index (χ3n) is 2.40. The number of nitrogens with one attached hydrogen (secondary N) is 1. The van der Waals surface area contributed by atoms with Crippen molar-refractivity contribution in [3.63, 3.8) is 0 Å². The highest BCUT2D eigenvalue weighted by atomic mass is 32.2. The van der Waals surface area contributed by atoms with E-state index in [0.29, 0.717) is 0 Å². The normalized spacial score (nSPS) is 11.0. The fourth-order valence-electron chi connectivity index (χ4n) is 1.49. The molecule has 0 unspecified atom stereocenters. The summed E-state index contributed by atoms with van der Waals surface area (Å²) in [5, 5.41) is 3.47. The molecular weight excluding hydrogens is 214 g/mol. The van der Waals surface area contributed by atoms with Gasteiger partial charge in [0.1, 0.15) is 0 Å². The van der Waals surface area contributed by atoms with E-state index in [1.165, 1.54) is 22.6 Å². The van der Waals surface area contributed by atoms with Crippen molar-refractivity contribution in [2.75, 3.05) is 18.8 Å². The van der Waals surface area contributed by atoms with Gasteiger partial charge in [-0.1, -0.05) is 32.0 Å². The molecule has 0 aliphatic heterocycles. The van der Waals surface area contributed by atoms with Crippen LogP contribution >= 0.6 is 11.8 Å². The molecule has 0 radical (unpaired) electrons. The second kappa shape index (κ2) is 7.75. The van der Waals surface area contributed by atoms with E-state index in [1.54, 1.807) is 0 Å². The van der Waals surface area contributed by atoms with Gasteiger partial charge in [-0.15, -0.1) is 11.8 Å². The van der Waals surface area contributed by atoms with Gasteiger partial charge in [-0.25, -0.2) is 0 Å². The van der Waals surface area contributed by atoms with Gasteiger partial charge in [-0.2, -0.15) is 0 Å². The first-order valence-electron chi connectivity index (χ1n) is 6.09. The summed E-state index contributed by atoms with van der Waals surface area (Å²) in [6.45, 7) is 8.94. The molecule has 0 heterocycles. The maximum absolute atomic E-state index is 3.47. The van der Waals surface area contributed by atoms with E-state index in [4.69, 9.17) is 0 Å². The third kappa shape index (κ3) is 5.57. The van der Waals surface area contributed by atoms with Gasteiger partial charge >= 0.3 is 0 Å². The molecule has 16 heavy (non-hydrogen) atoms. The summed E-state index contributed by atoms with van der Waals surface area (Å²) >= 11 is 1.97. The average Bonchev–Trinajstić information content (AvgIpc) is 2.25. The van der Waals surface area contributed by atoms with Crippen molar-refractivity contribution in [3.05, 3.63) is 29.8 Å². The fraction of sp³-hybridized carbons (Fsp3) is 0.571. The highest BCUT2D eigenvalue weighted by Crippen LogP contribution is 2.21. The first-order valence-corrected chi connectivity index (χ1v) is 7.08. The molecule has 90 valence electrons. The Bertz CT molecular complexity index is 297. The fourth-order valence-corrected chi connectivity index (χ4v) is 2.47. The third-order valence-corrected chi connectivity index (χ3v) is 3.66. The summed E-state index contributed by atoms with van der Waals surface area (Å²) in [6, 6.07) is 8.61. The van der Waals surface area contributed by atoms with Crippen molar-refractivity contribution in [1.29, 1.82) is 0 Å². The lowest BCUT2D eigenvalue weighted by molar-refractivity contribution is 0.552. The van der Waals surface area contributed by atoms with Crippen molar-refractivity contribution in [2.24, 2.45) is 5.92 Å². The van der Waals surface area contributed by atoms with Crippen molar-refractivity contribution in [2.45, 2.75) is 32.1 Å². The molecule has 1 nitrogen and oxygen atoms in total. The van der Waals surface area contributed by atoms with E-state index in [-0.39, 0.29) is 0 Å². The maximum atomic E-state index is 3.47. The van der Waals surface area contributed by atoms with Crippen LogP contribution in [0.3, 0.4) is 0 Å². The van der Waals surface area contributed by atoms with Gasteiger partial charge in [-0.3, -0.25) is 0 Å². The standard InChI is InChI=1S/C14H23NS/c1-12(2)11-15-9-6-10-16-14-8-5-4-7-13(14)3/h4-5,7-8,12,15H,6,9-11H2,1-3H3. The molecule has 0 spiro atoms. The molecule has 1 rings (SSSR count). The molecule has 0 atom stereocenters. The molecule has 0 aliphatic rings.